The molecule has 0 radical (unpaired) electrons. The van der Waals surface area contributed by atoms with Crippen LogP contribution >= 0.6 is 0 Å². The zero-order valence-corrected chi connectivity index (χ0v) is 17.0. The van der Waals surface area contributed by atoms with E-state index in [2.05, 4.69) is 42.6 Å². The van der Waals surface area contributed by atoms with Gasteiger partial charge in [0.15, 0.2) is 0 Å². The summed E-state index contributed by atoms with van der Waals surface area (Å²) in [5.74, 6) is -0.873. The molecule has 4 heteroatoms. The predicted octanol–water partition coefficient (Wildman–Crippen LogP) is 4.74. The molecule has 3 aromatic rings. The number of aryl methyl sites for hydroxylation is 2. The maximum absolute atomic E-state index is 12.0. The number of carboxylic acids is 1. The fourth-order valence-corrected chi connectivity index (χ4v) is 3.81. The van der Waals surface area contributed by atoms with Gasteiger partial charge >= 0.3 is 5.97 Å². The van der Waals surface area contributed by atoms with Crippen LogP contribution in [-0.4, -0.2) is 22.2 Å². The van der Waals surface area contributed by atoms with Crippen LogP contribution in [0.2, 0.25) is 0 Å². The molecule has 28 heavy (non-hydrogen) atoms. The van der Waals surface area contributed by atoms with Gasteiger partial charge in [0.2, 0.25) is 0 Å². The van der Waals surface area contributed by atoms with Crippen LogP contribution in [0, 0.1) is 27.7 Å². The minimum absolute atomic E-state index is 0.404. The number of benzene rings is 2. The molecule has 0 saturated carbocycles. The van der Waals surface area contributed by atoms with Crippen molar-refractivity contribution in [3.8, 4) is 5.69 Å². The third kappa shape index (κ3) is 4.02. The molecule has 0 atom stereocenters. The second-order valence-electron chi connectivity index (χ2n) is 7.35. The quantitative estimate of drug-likeness (QED) is 0.586. The topological polar surface area (TPSA) is 54.3 Å². The van der Waals surface area contributed by atoms with E-state index >= 15 is 0 Å². The first-order valence-corrected chi connectivity index (χ1v) is 9.66. The van der Waals surface area contributed by atoms with Gasteiger partial charge in [0.05, 0.1) is 5.56 Å². The minimum Gasteiger partial charge on any atom is -0.478 e. The number of hydrogen-bond donors (Lipinski definition) is 2. The van der Waals surface area contributed by atoms with Crippen molar-refractivity contribution in [2.75, 3.05) is 6.54 Å². The van der Waals surface area contributed by atoms with Gasteiger partial charge in [0.1, 0.15) is 0 Å². The van der Waals surface area contributed by atoms with Crippen LogP contribution in [0.3, 0.4) is 0 Å². The fraction of sp³-hybridized carbons (Fsp3) is 0.292. The summed E-state index contributed by atoms with van der Waals surface area (Å²) in [7, 11) is 0. The smallest absolute Gasteiger partial charge is 0.337 e. The molecule has 0 aliphatic rings. The van der Waals surface area contributed by atoms with E-state index in [4.69, 9.17) is 0 Å². The van der Waals surface area contributed by atoms with Gasteiger partial charge < -0.3 is 15.0 Å². The summed E-state index contributed by atoms with van der Waals surface area (Å²) in [4.78, 5) is 12.0. The van der Waals surface area contributed by atoms with E-state index in [1.54, 1.807) is 0 Å². The average Bonchev–Trinajstić information content (AvgIpc) is 2.91. The molecule has 2 N–H and O–H groups in total. The van der Waals surface area contributed by atoms with E-state index in [1.165, 1.54) is 16.7 Å². The Bertz CT molecular complexity index is 985. The van der Waals surface area contributed by atoms with Gasteiger partial charge in [-0.25, -0.2) is 4.79 Å². The number of hydrogen-bond acceptors (Lipinski definition) is 2. The second kappa shape index (κ2) is 8.44. The summed E-state index contributed by atoms with van der Waals surface area (Å²) >= 11 is 0. The molecule has 0 amide bonds. The van der Waals surface area contributed by atoms with E-state index < -0.39 is 5.97 Å². The third-order valence-corrected chi connectivity index (χ3v) is 5.41. The highest BCUT2D eigenvalue weighted by molar-refractivity contribution is 5.91. The van der Waals surface area contributed by atoms with Crippen molar-refractivity contribution >= 4 is 5.97 Å². The molecule has 2 aromatic carbocycles. The lowest BCUT2D eigenvalue weighted by Gasteiger charge is -2.11. The number of nitrogens with one attached hydrogen (secondary N) is 1. The van der Waals surface area contributed by atoms with Crippen molar-refractivity contribution in [1.29, 1.82) is 0 Å². The molecular weight excluding hydrogens is 348 g/mol. The molecular formula is C24H28N2O2. The Balaban J connectivity index is 1.82. The van der Waals surface area contributed by atoms with E-state index in [1.807, 2.05) is 43.5 Å². The molecule has 146 valence electrons. The third-order valence-electron chi connectivity index (χ3n) is 5.41. The molecule has 0 unspecified atom stereocenters. The zero-order chi connectivity index (χ0) is 20.3. The summed E-state index contributed by atoms with van der Waals surface area (Å²) in [6.07, 6.45) is 0.922. The van der Waals surface area contributed by atoms with E-state index in [0.717, 1.165) is 35.6 Å². The Hall–Kier alpha value is -2.85. The van der Waals surface area contributed by atoms with Crippen LogP contribution < -0.4 is 5.32 Å². The van der Waals surface area contributed by atoms with Crippen molar-refractivity contribution < 1.29 is 9.90 Å². The zero-order valence-electron chi connectivity index (χ0n) is 17.0. The van der Waals surface area contributed by atoms with Crippen molar-refractivity contribution in [2.24, 2.45) is 0 Å². The molecule has 0 spiro atoms. The van der Waals surface area contributed by atoms with Crippen molar-refractivity contribution in [2.45, 2.75) is 40.7 Å². The molecule has 1 aromatic heterocycles. The van der Waals surface area contributed by atoms with Gasteiger partial charge in [-0.05, 0) is 63.9 Å². The van der Waals surface area contributed by atoms with Crippen LogP contribution in [-0.2, 0) is 13.0 Å². The Labute approximate surface area is 166 Å². The maximum Gasteiger partial charge on any atom is 0.337 e. The number of nitrogens with zero attached hydrogens (tertiary/aromatic N) is 1. The molecule has 0 fully saturated rings. The summed E-state index contributed by atoms with van der Waals surface area (Å²) < 4.78 is 2.04. The number of aromatic nitrogens is 1. The highest BCUT2D eigenvalue weighted by atomic mass is 16.4. The Kier molecular flexibility index (Phi) is 6.00. The summed E-state index contributed by atoms with van der Waals surface area (Å²) in [5.41, 5.74) is 7.78. The van der Waals surface area contributed by atoms with E-state index in [9.17, 15) is 9.90 Å². The van der Waals surface area contributed by atoms with Crippen molar-refractivity contribution in [1.82, 2.24) is 9.88 Å². The predicted molar refractivity (Wildman–Crippen MR) is 114 cm³/mol. The highest BCUT2D eigenvalue weighted by Gasteiger charge is 2.23. The van der Waals surface area contributed by atoms with Crippen LogP contribution in [0.15, 0.2) is 48.5 Å². The summed E-state index contributed by atoms with van der Waals surface area (Å²) in [6.45, 7) is 9.39. The van der Waals surface area contributed by atoms with Gasteiger partial charge in [-0.2, -0.15) is 0 Å². The van der Waals surface area contributed by atoms with E-state index in [0.29, 0.717) is 12.1 Å². The SMILES string of the molecule is Cc1ccc(-n2c(C)c(CNCCc3ccccc3C)c(C(=O)O)c2C)cc1. The van der Waals surface area contributed by atoms with Crippen LogP contribution in [0.25, 0.3) is 5.69 Å². The van der Waals surface area contributed by atoms with Crippen LogP contribution in [0.1, 0.15) is 44.0 Å². The Morgan fingerprint density at radius 3 is 2.29 bits per heavy atom. The minimum atomic E-state index is -0.873. The van der Waals surface area contributed by atoms with Gasteiger partial charge in [-0.3, -0.25) is 0 Å². The molecule has 0 aliphatic heterocycles. The van der Waals surface area contributed by atoms with Crippen molar-refractivity contribution in [3.05, 3.63) is 87.7 Å². The first kappa shape index (κ1) is 19.9. The van der Waals surface area contributed by atoms with Gasteiger partial charge in [-0.1, -0.05) is 42.0 Å². The number of aromatic carboxylic acids is 1. The molecule has 4 nitrogen and oxygen atoms in total. The first-order valence-electron chi connectivity index (χ1n) is 9.66. The lowest BCUT2D eigenvalue weighted by Crippen LogP contribution is -2.19. The number of carbonyl (C=O) groups is 1. The Morgan fingerprint density at radius 2 is 1.64 bits per heavy atom. The molecule has 0 aliphatic carbocycles. The largest absolute Gasteiger partial charge is 0.478 e. The summed E-state index contributed by atoms with van der Waals surface area (Å²) in [6, 6.07) is 16.5. The maximum atomic E-state index is 12.0. The average molecular weight is 377 g/mol. The standard InChI is InChI=1S/C24H28N2O2/c1-16-9-11-21(12-10-16)26-18(3)22(23(19(26)4)24(27)28)15-25-14-13-20-8-6-5-7-17(20)2/h5-12,25H,13-15H2,1-4H3,(H,27,28). The fourth-order valence-electron chi connectivity index (χ4n) is 3.81. The monoisotopic (exact) mass is 376 g/mol. The van der Waals surface area contributed by atoms with Gasteiger partial charge in [-0.15, -0.1) is 0 Å². The van der Waals surface area contributed by atoms with Gasteiger partial charge in [0, 0.05) is 29.2 Å². The molecule has 1 heterocycles. The van der Waals surface area contributed by atoms with Gasteiger partial charge in [0.25, 0.3) is 0 Å². The lowest BCUT2D eigenvalue weighted by molar-refractivity contribution is 0.0695. The molecule has 0 saturated heterocycles. The molecule has 0 bridgehead atoms. The van der Waals surface area contributed by atoms with Crippen LogP contribution in [0.4, 0.5) is 0 Å². The molecule has 3 rings (SSSR count). The van der Waals surface area contributed by atoms with Crippen molar-refractivity contribution in [3.63, 3.8) is 0 Å². The second-order valence-corrected chi connectivity index (χ2v) is 7.35. The number of carboxylic acid groups (broad SMARTS) is 1. The lowest BCUT2D eigenvalue weighted by atomic mass is 10.1. The van der Waals surface area contributed by atoms with Crippen LogP contribution in [0.5, 0.6) is 0 Å². The summed E-state index contributed by atoms with van der Waals surface area (Å²) in [5, 5.41) is 13.2. The van der Waals surface area contributed by atoms with E-state index in [-0.39, 0.29) is 0 Å². The Morgan fingerprint density at radius 1 is 0.964 bits per heavy atom. The normalized spacial score (nSPS) is 11.0. The highest BCUT2D eigenvalue weighted by Crippen LogP contribution is 2.26. The first-order chi connectivity index (χ1) is 13.4. The number of rotatable bonds is 7.